The number of aryl methyl sites for hydroxylation is 1. The zero-order valence-electron chi connectivity index (χ0n) is 41.0. The second-order valence-corrected chi connectivity index (χ2v) is 22.0. The van der Waals surface area contributed by atoms with Crippen LogP contribution < -0.4 is 37.6 Å². The number of nitrogens with one attached hydrogen (secondary N) is 4. The van der Waals surface area contributed by atoms with Crippen LogP contribution >= 0.6 is 34.7 Å². The first-order valence-corrected chi connectivity index (χ1v) is 26.0. The number of halogens is 1. The highest BCUT2D eigenvalue weighted by Gasteiger charge is 2.44. The number of nitrogens with zero attached hydrogens (tertiary/aromatic N) is 5. The van der Waals surface area contributed by atoms with Crippen LogP contribution in [0.15, 0.2) is 64.1 Å². The number of hydrogen-bond acceptors (Lipinski definition) is 14. The molecule has 2 saturated heterocycles. The Morgan fingerprint density at radius 3 is 2.34 bits per heavy atom. The normalized spacial score (nSPS) is 17.7. The van der Waals surface area contributed by atoms with Gasteiger partial charge in [0.05, 0.1) is 45.1 Å². The Labute approximate surface area is 424 Å². The Morgan fingerprint density at radius 1 is 0.971 bits per heavy atom. The molecule has 4 atom stereocenters. The van der Waals surface area contributed by atoms with Crippen LogP contribution in [0.3, 0.4) is 0 Å². The van der Waals surface area contributed by atoms with Gasteiger partial charge < -0.3 is 47.6 Å². The fourth-order valence-electron chi connectivity index (χ4n) is 8.47. The van der Waals surface area contributed by atoms with Crippen molar-refractivity contribution in [2.24, 2.45) is 11.1 Å². The van der Waals surface area contributed by atoms with Gasteiger partial charge in [0.2, 0.25) is 29.5 Å². The van der Waals surface area contributed by atoms with E-state index in [9.17, 15) is 29.1 Å². The lowest BCUT2D eigenvalue weighted by molar-refractivity contribution is -0.144. The summed E-state index contributed by atoms with van der Waals surface area (Å²) in [5.41, 5.74) is 16.8. The summed E-state index contributed by atoms with van der Waals surface area (Å²) in [5, 5.41) is 22.9. The number of likely N-dealkylation sites (tertiary alicyclic amines) is 1. The van der Waals surface area contributed by atoms with Crippen molar-refractivity contribution in [1.82, 2.24) is 35.8 Å². The highest BCUT2D eigenvalue weighted by molar-refractivity contribution is 7.99. The Bertz CT molecular complexity index is 2470. The minimum Gasteiger partial charge on any atom is -0.391 e. The van der Waals surface area contributed by atoms with E-state index < -0.39 is 41.3 Å². The van der Waals surface area contributed by atoms with Gasteiger partial charge in [-0.25, -0.2) is 15.0 Å². The first kappa shape index (κ1) is 54.0. The molecule has 378 valence electrons. The molecule has 0 aliphatic carbocycles. The molecule has 9 N–H and O–H groups in total. The molecule has 70 heavy (non-hydrogen) atoms. The molecule has 2 aliphatic rings. The molecule has 0 unspecified atom stereocenters. The molecule has 17 nitrogen and oxygen atoms in total. The number of aliphatic hydroxyl groups excluding tert-OH is 1. The number of nitrogen functional groups attached to an aromatic ring is 1. The van der Waals surface area contributed by atoms with E-state index in [1.807, 2.05) is 64.4 Å². The number of anilines is 3. The number of unbranched alkanes of at least 4 members (excludes halogenated alkanes) is 4. The summed E-state index contributed by atoms with van der Waals surface area (Å²) in [6.07, 6.45) is 6.11. The van der Waals surface area contributed by atoms with Gasteiger partial charge in [-0.1, -0.05) is 93.7 Å². The number of carbonyl (C=O) groups excluding carboxylic acids is 5. The lowest BCUT2D eigenvalue weighted by Crippen LogP contribution is -2.57. The summed E-state index contributed by atoms with van der Waals surface area (Å²) in [4.78, 5) is 85.0. The smallest absolute Gasteiger partial charge is 0.246 e. The van der Waals surface area contributed by atoms with Crippen molar-refractivity contribution < 1.29 is 29.1 Å². The van der Waals surface area contributed by atoms with Crippen molar-refractivity contribution in [3.63, 3.8) is 0 Å². The van der Waals surface area contributed by atoms with Gasteiger partial charge in [0.25, 0.3) is 0 Å². The van der Waals surface area contributed by atoms with Crippen molar-refractivity contribution in [2.45, 2.75) is 145 Å². The average Bonchev–Trinajstić information content (AvgIpc) is 3.92. The Kier molecular flexibility index (Phi) is 18.7. The summed E-state index contributed by atoms with van der Waals surface area (Å²) in [6.45, 7) is 13.4. The fourth-order valence-corrected chi connectivity index (χ4v) is 10.4. The molecule has 6 rings (SSSR count). The minimum atomic E-state index is -0.911. The molecule has 0 radical (unpaired) electrons. The number of nitrogens with two attached hydrogens (primary N) is 2. The second kappa shape index (κ2) is 24.2. The van der Waals surface area contributed by atoms with Crippen LogP contribution in [0.2, 0.25) is 5.02 Å². The summed E-state index contributed by atoms with van der Waals surface area (Å²) in [7, 11) is 0. The van der Waals surface area contributed by atoms with Crippen molar-refractivity contribution >= 4 is 81.6 Å². The number of piperidine rings is 1. The molecule has 2 fully saturated rings. The van der Waals surface area contributed by atoms with E-state index in [0.29, 0.717) is 40.8 Å². The van der Waals surface area contributed by atoms with Crippen molar-refractivity contribution in [2.75, 3.05) is 42.1 Å². The quantitative estimate of drug-likeness (QED) is 0.0357. The van der Waals surface area contributed by atoms with E-state index in [2.05, 4.69) is 48.0 Å². The maximum atomic E-state index is 14.1. The van der Waals surface area contributed by atoms with Crippen LogP contribution in [0, 0.1) is 12.3 Å². The number of aromatic nitrogens is 3. The van der Waals surface area contributed by atoms with Gasteiger partial charge in [0, 0.05) is 49.5 Å². The predicted molar refractivity (Wildman–Crippen MR) is 276 cm³/mol. The lowest BCUT2D eigenvalue weighted by atomic mass is 9.85. The zero-order chi connectivity index (χ0) is 50.8. The standard InChI is InChI=1S/C50H68ClN11O6S2/c1-30(32-16-18-33(19-17-32)43-31(2)56-29-69-43)57-46(67)36-25-34(63)28-62(36)48(68)44(49(3,4)5)60-39(64)15-10-8-7-9-11-22-54-40(65)26-41(66)58-35-13-12-14-37(42(35)51)70-47-45(52)59-38(27-55-47)61-23-20-50(6,53)21-24-61/h12-14,16-19,27,29-30,34,36,44,63H,7-11,15,20-26,28,53H2,1-6H3,(H2,52,59)(H,54,65)(H,57,67)(H,58,66)(H,60,64)/t30-,34+,36-,44+/m0/s1. The number of β-amino-alcohol motifs (C(OH)–C–C–N with tert-alkyl or cyclic N) is 1. The van der Waals surface area contributed by atoms with Crippen LogP contribution in [-0.2, 0) is 24.0 Å². The molecule has 2 aromatic heterocycles. The molecule has 4 aromatic rings. The van der Waals surface area contributed by atoms with Crippen LogP contribution in [0.4, 0.5) is 17.3 Å². The molecule has 0 spiro atoms. The molecule has 0 saturated carbocycles. The van der Waals surface area contributed by atoms with Gasteiger partial charge in [-0.05, 0) is 75.1 Å². The van der Waals surface area contributed by atoms with E-state index in [1.165, 1.54) is 16.7 Å². The SMILES string of the molecule is Cc1ncsc1-c1ccc([C@H](C)NC(=O)[C@@H]2C[C@@H](O)CN2C(=O)[C@@H](NC(=O)CCCCCCCNC(=O)CC(=O)Nc2cccc(Sc3ncc(N4CCC(C)(N)CC4)nc3N)c2Cl)C(C)(C)C)cc1. The first-order chi connectivity index (χ1) is 33.2. The first-order valence-electron chi connectivity index (χ1n) is 24.0. The van der Waals surface area contributed by atoms with Crippen molar-refractivity contribution in [3.05, 3.63) is 70.5 Å². The highest BCUT2D eigenvalue weighted by atomic mass is 35.5. The summed E-state index contributed by atoms with van der Waals surface area (Å²) in [6, 6.07) is 11.0. The summed E-state index contributed by atoms with van der Waals surface area (Å²) < 4.78 is 0. The van der Waals surface area contributed by atoms with Crippen molar-refractivity contribution in [3.8, 4) is 10.4 Å². The molecule has 0 bridgehead atoms. The summed E-state index contributed by atoms with van der Waals surface area (Å²) in [5.74, 6) is -1.01. The third-order valence-electron chi connectivity index (χ3n) is 12.7. The third-order valence-corrected chi connectivity index (χ3v) is 15.3. The number of aliphatic hydroxyl groups is 1. The molecule has 2 aromatic carbocycles. The molecule has 5 amide bonds. The number of hydrogen-bond donors (Lipinski definition) is 7. The molecular weight excluding hydrogens is 950 g/mol. The number of thiazole rings is 1. The monoisotopic (exact) mass is 1020 g/mol. The molecule has 20 heteroatoms. The number of rotatable bonds is 20. The van der Waals surface area contributed by atoms with E-state index >= 15 is 0 Å². The Morgan fingerprint density at radius 2 is 1.67 bits per heavy atom. The average molecular weight is 1020 g/mol. The van der Waals surface area contributed by atoms with Crippen LogP contribution in [-0.4, -0.2) is 104 Å². The Balaban J connectivity index is 0.871. The molecule has 4 heterocycles. The number of amides is 5. The van der Waals surface area contributed by atoms with Crippen LogP contribution in [0.25, 0.3) is 10.4 Å². The van der Waals surface area contributed by atoms with Crippen LogP contribution in [0.5, 0.6) is 0 Å². The topological polar surface area (TPSA) is 251 Å². The van der Waals surface area contributed by atoms with Gasteiger partial charge in [-0.2, -0.15) is 0 Å². The largest absolute Gasteiger partial charge is 0.391 e. The molecule has 2 aliphatic heterocycles. The lowest BCUT2D eigenvalue weighted by Gasteiger charge is -2.37. The maximum Gasteiger partial charge on any atom is 0.246 e. The van der Waals surface area contributed by atoms with E-state index in [1.54, 1.807) is 35.7 Å². The minimum absolute atomic E-state index is 0.00731. The van der Waals surface area contributed by atoms with E-state index in [-0.39, 0.29) is 60.0 Å². The zero-order valence-corrected chi connectivity index (χ0v) is 43.4. The second-order valence-electron chi connectivity index (χ2n) is 19.8. The van der Waals surface area contributed by atoms with E-state index in [4.69, 9.17) is 23.1 Å². The Hall–Kier alpha value is -5.34. The van der Waals surface area contributed by atoms with Crippen molar-refractivity contribution in [1.29, 1.82) is 0 Å². The van der Waals surface area contributed by atoms with Gasteiger partial charge >= 0.3 is 0 Å². The maximum absolute atomic E-state index is 14.1. The number of carbonyl (C=O) groups is 5. The molecular formula is C50H68ClN11O6S2. The van der Waals surface area contributed by atoms with Crippen LogP contribution in [0.1, 0.15) is 116 Å². The van der Waals surface area contributed by atoms with E-state index in [0.717, 1.165) is 66.9 Å². The van der Waals surface area contributed by atoms with Gasteiger partial charge in [0.15, 0.2) is 5.82 Å². The third kappa shape index (κ3) is 14.8. The van der Waals surface area contributed by atoms with Gasteiger partial charge in [-0.3, -0.25) is 24.0 Å². The fraction of sp³-hybridized carbons (Fsp3) is 0.520. The highest BCUT2D eigenvalue weighted by Crippen LogP contribution is 2.39. The predicted octanol–water partition coefficient (Wildman–Crippen LogP) is 6.77. The number of benzene rings is 2. The van der Waals surface area contributed by atoms with Gasteiger partial charge in [-0.15, -0.1) is 11.3 Å². The van der Waals surface area contributed by atoms with Gasteiger partial charge in [0.1, 0.15) is 29.3 Å². The summed E-state index contributed by atoms with van der Waals surface area (Å²) >= 11 is 9.48.